The van der Waals surface area contributed by atoms with Crippen LogP contribution in [-0.2, 0) is 16.0 Å². The van der Waals surface area contributed by atoms with E-state index in [1.807, 2.05) is 30.3 Å². The number of aryl methyl sites for hydroxylation is 1. The van der Waals surface area contributed by atoms with Gasteiger partial charge in [0.15, 0.2) is 0 Å². The molecule has 3 rings (SSSR count). The Kier molecular flexibility index (Phi) is 4.33. The second-order valence-electron chi connectivity index (χ2n) is 6.30. The molecule has 1 N–H and O–H groups in total. The van der Waals surface area contributed by atoms with Crippen LogP contribution in [0.3, 0.4) is 0 Å². The number of carboxylic acid groups (broad SMARTS) is 1. The van der Waals surface area contributed by atoms with E-state index in [0.717, 1.165) is 5.56 Å². The minimum atomic E-state index is -0.859. The number of benzene rings is 1. The van der Waals surface area contributed by atoms with Crippen LogP contribution in [0, 0.1) is 5.41 Å². The first kappa shape index (κ1) is 16.2. The van der Waals surface area contributed by atoms with Gasteiger partial charge in [-0.15, -0.1) is 10.2 Å². The first-order valence-corrected chi connectivity index (χ1v) is 7.87. The van der Waals surface area contributed by atoms with Crippen molar-refractivity contribution in [3.63, 3.8) is 0 Å². The van der Waals surface area contributed by atoms with Gasteiger partial charge < -0.3 is 14.4 Å². The lowest BCUT2D eigenvalue weighted by Gasteiger charge is -2.19. The van der Waals surface area contributed by atoms with Crippen molar-refractivity contribution in [2.45, 2.75) is 26.2 Å². The van der Waals surface area contributed by atoms with Crippen molar-refractivity contribution < 1.29 is 19.1 Å². The Hall–Kier alpha value is -2.70. The molecule has 1 saturated heterocycles. The van der Waals surface area contributed by atoms with Crippen molar-refractivity contribution in [3.05, 3.63) is 36.2 Å². The van der Waals surface area contributed by atoms with Gasteiger partial charge in [0.1, 0.15) is 0 Å². The van der Waals surface area contributed by atoms with Crippen LogP contribution in [0.5, 0.6) is 0 Å². The molecule has 1 aromatic heterocycles. The first-order valence-electron chi connectivity index (χ1n) is 7.87. The standard InChI is InChI=1S/C17H19N3O4/c1-17(16(22)23)9-10-20(11-17)14(21)8-7-13-18-19-15(24-13)12-5-3-2-4-6-12/h2-6H,7-11H2,1H3,(H,22,23)/t17-/m1/s1. The maximum Gasteiger partial charge on any atom is 0.311 e. The Labute approximate surface area is 139 Å². The fraction of sp³-hybridized carbons (Fsp3) is 0.412. The third-order valence-electron chi connectivity index (χ3n) is 4.38. The first-order chi connectivity index (χ1) is 11.5. The molecule has 0 radical (unpaired) electrons. The molecule has 24 heavy (non-hydrogen) atoms. The van der Waals surface area contributed by atoms with E-state index in [9.17, 15) is 14.7 Å². The SMILES string of the molecule is C[C@@]1(C(=O)O)CCN(C(=O)CCc2nnc(-c3ccccc3)o2)C1. The highest BCUT2D eigenvalue weighted by Gasteiger charge is 2.41. The van der Waals surface area contributed by atoms with Crippen molar-refractivity contribution >= 4 is 11.9 Å². The fourth-order valence-electron chi connectivity index (χ4n) is 2.77. The molecule has 2 heterocycles. The van der Waals surface area contributed by atoms with Gasteiger partial charge in [-0.25, -0.2) is 0 Å². The number of aromatic nitrogens is 2. The molecule has 0 spiro atoms. The third-order valence-corrected chi connectivity index (χ3v) is 4.38. The maximum absolute atomic E-state index is 12.2. The molecule has 1 aromatic carbocycles. The van der Waals surface area contributed by atoms with Gasteiger partial charge >= 0.3 is 5.97 Å². The highest BCUT2D eigenvalue weighted by atomic mass is 16.4. The van der Waals surface area contributed by atoms with E-state index in [1.165, 1.54) is 0 Å². The van der Waals surface area contributed by atoms with Crippen LogP contribution in [0.2, 0.25) is 0 Å². The van der Waals surface area contributed by atoms with Gasteiger partial charge in [-0.1, -0.05) is 18.2 Å². The number of likely N-dealkylation sites (tertiary alicyclic amines) is 1. The van der Waals surface area contributed by atoms with Crippen molar-refractivity contribution in [2.24, 2.45) is 5.41 Å². The van der Waals surface area contributed by atoms with Gasteiger partial charge in [-0.3, -0.25) is 9.59 Å². The molecule has 0 saturated carbocycles. The van der Waals surface area contributed by atoms with E-state index >= 15 is 0 Å². The number of carbonyl (C=O) groups excluding carboxylic acids is 1. The molecular formula is C17H19N3O4. The highest BCUT2D eigenvalue weighted by molar-refractivity contribution is 5.80. The summed E-state index contributed by atoms with van der Waals surface area (Å²) in [4.78, 5) is 25.1. The zero-order valence-electron chi connectivity index (χ0n) is 13.4. The minimum Gasteiger partial charge on any atom is -0.481 e. The molecule has 1 aliphatic heterocycles. The normalized spacial score (nSPS) is 20.3. The minimum absolute atomic E-state index is 0.0839. The van der Waals surface area contributed by atoms with Crippen LogP contribution in [0.15, 0.2) is 34.7 Å². The number of amides is 1. The van der Waals surface area contributed by atoms with Gasteiger partial charge in [-0.05, 0) is 25.5 Å². The number of hydrogen-bond donors (Lipinski definition) is 1. The summed E-state index contributed by atoms with van der Waals surface area (Å²) in [5.41, 5.74) is -0.0139. The van der Waals surface area contributed by atoms with Crippen LogP contribution >= 0.6 is 0 Å². The Morgan fingerprint density at radius 3 is 2.71 bits per heavy atom. The number of rotatable bonds is 5. The number of aliphatic carboxylic acids is 1. The molecule has 1 fully saturated rings. The van der Waals surface area contributed by atoms with Crippen LogP contribution in [-0.4, -0.2) is 45.2 Å². The van der Waals surface area contributed by atoms with Gasteiger partial charge in [0, 0.05) is 31.5 Å². The molecule has 1 atom stereocenters. The quantitative estimate of drug-likeness (QED) is 0.901. The number of hydrogen-bond acceptors (Lipinski definition) is 5. The molecule has 1 amide bonds. The lowest BCUT2D eigenvalue weighted by Crippen LogP contribution is -2.34. The molecule has 0 bridgehead atoms. The Morgan fingerprint density at radius 1 is 1.29 bits per heavy atom. The van der Waals surface area contributed by atoms with E-state index in [0.29, 0.717) is 31.2 Å². The fourth-order valence-corrected chi connectivity index (χ4v) is 2.77. The molecule has 7 heteroatoms. The average Bonchev–Trinajstić information content (AvgIpc) is 3.21. The summed E-state index contributed by atoms with van der Waals surface area (Å²) in [6, 6.07) is 9.42. The number of carboxylic acids is 1. The van der Waals surface area contributed by atoms with Crippen molar-refractivity contribution in [2.75, 3.05) is 13.1 Å². The van der Waals surface area contributed by atoms with E-state index in [1.54, 1.807) is 11.8 Å². The van der Waals surface area contributed by atoms with Gasteiger partial charge in [0.05, 0.1) is 5.41 Å². The largest absolute Gasteiger partial charge is 0.481 e. The molecular weight excluding hydrogens is 310 g/mol. The molecule has 7 nitrogen and oxygen atoms in total. The zero-order chi connectivity index (χ0) is 17.2. The molecule has 0 unspecified atom stereocenters. The number of nitrogens with zero attached hydrogens (tertiary/aromatic N) is 3. The molecule has 126 valence electrons. The molecule has 1 aliphatic rings. The highest BCUT2D eigenvalue weighted by Crippen LogP contribution is 2.30. The Morgan fingerprint density at radius 2 is 2.04 bits per heavy atom. The van der Waals surface area contributed by atoms with Crippen molar-refractivity contribution in [3.8, 4) is 11.5 Å². The lowest BCUT2D eigenvalue weighted by molar-refractivity contribution is -0.147. The van der Waals surface area contributed by atoms with Crippen molar-refractivity contribution in [1.29, 1.82) is 0 Å². The second-order valence-corrected chi connectivity index (χ2v) is 6.30. The summed E-state index contributed by atoms with van der Waals surface area (Å²) < 4.78 is 5.57. The van der Waals surface area contributed by atoms with E-state index in [4.69, 9.17) is 4.42 Å². The van der Waals surface area contributed by atoms with E-state index in [-0.39, 0.29) is 18.9 Å². The molecule has 2 aromatic rings. The maximum atomic E-state index is 12.2. The van der Waals surface area contributed by atoms with E-state index in [2.05, 4.69) is 10.2 Å². The Balaban J connectivity index is 1.56. The summed E-state index contributed by atoms with van der Waals surface area (Å²) in [5.74, 6) is -0.110. The predicted molar refractivity (Wildman–Crippen MR) is 85.0 cm³/mol. The monoisotopic (exact) mass is 329 g/mol. The van der Waals surface area contributed by atoms with Gasteiger partial charge in [0.25, 0.3) is 0 Å². The summed E-state index contributed by atoms with van der Waals surface area (Å²) in [6.45, 7) is 2.40. The topological polar surface area (TPSA) is 96.5 Å². The van der Waals surface area contributed by atoms with Gasteiger partial charge in [0.2, 0.25) is 17.7 Å². The summed E-state index contributed by atoms with van der Waals surface area (Å²) >= 11 is 0. The second kappa shape index (κ2) is 6.43. The smallest absolute Gasteiger partial charge is 0.311 e. The van der Waals surface area contributed by atoms with Crippen molar-refractivity contribution in [1.82, 2.24) is 15.1 Å². The van der Waals surface area contributed by atoms with Crippen LogP contribution < -0.4 is 0 Å². The molecule has 0 aliphatic carbocycles. The Bertz CT molecular complexity index is 743. The summed E-state index contributed by atoms with van der Waals surface area (Å²) in [5, 5.41) is 17.2. The van der Waals surface area contributed by atoms with E-state index < -0.39 is 11.4 Å². The summed E-state index contributed by atoms with van der Waals surface area (Å²) in [7, 11) is 0. The average molecular weight is 329 g/mol. The van der Waals surface area contributed by atoms with Crippen LogP contribution in [0.25, 0.3) is 11.5 Å². The summed E-state index contributed by atoms with van der Waals surface area (Å²) in [6.07, 6.45) is 1.05. The van der Waals surface area contributed by atoms with Crippen LogP contribution in [0.4, 0.5) is 0 Å². The number of carbonyl (C=O) groups is 2. The predicted octanol–water partition coefficient (Wildman–Crippen LogP) is 1.99. The zero-order valence-corrected chi connectivity index (χ0v) is 13.4. The lowest BCUT2D eigenvalue weighted by atomic mass is 9.90. The van der Waals surface area contributed by atoms with Crippen LogP contribution in [0.1, 0.15) is 25.7 Å². The third kappa shape index (κ3) is 3.29. The van der Waals surface area contributed by atoms with Gasteiger partial charge in [-0.2, -0.15) is 0 Å².